The molecule has 14 heteroatoms. The van der Waals surface area contributed by atoms with Crippen molar-refractivity contribution in [3.05, 3.63) is 47.7 Å². The van der Waals surface area contributed by atoms with Crippen molar-refractivity contribution in [1.29, 1.82) is 0 Å². The number of hydrogen-bond acceptors (Lipinski definition) is 7. The zero-order valence-electron chi connectivity index (χ0n) is 17.9. The smallest absolute Gasteiger partial charge is 0.283 e. The summed E-state index contributed by atoms with van der Waals surface area (Å²) in [6.07, 6.45) is -3.46. The molecule has 1 saturated carbocycles. The summed E-state index contributed by atoms with van der Waals surface area (Å²) in [7, 11) is 0. The molecule has 2 aliphatic rings. The van der Waals surface area contributed by atoms with Gasteiger partial charge in [0.1, 0.15) is 29.8 Å². The molecule has 1 aromatic carbocycles. The first-order chi connectivity index (χ1) is 16.5. The third-order valence-electron chi connectivity index (χ3n) is 5.77. The van der Waals surface area contributed by atoms with E-state index in [-0.39, 0.29) is 22.8 Å². The van der Waals surface area contributed by atoms with Gasteiger partial charge in [0.2, 0.25) is 5.88 Å². The average Bonchev–Trinajstić information content (AvgIpc) is 3.12. The summed E-state index contributed by atoms with van der Waals surface area (Å²) in [6.45, 7) is -2.24. The maximum atomic E-state index is 14.9. The van der Waals surface area contributed by atoms with E-state index < -0.39 is 73.8 Å². The fourth-order valence-corrected chi connectivity index (χ4v) is 4.28. The molecule has 0 spiro atoms. The molecule has 3 atom stereocenters. The molecule has 0 radical (unpaired) electrons. The predicted octanol–water partition coefficient (Wildman–Crippen LogP) is 3.44. The zero-order chi connectivity index (χ0) is 25.4. The van der Waals surface area contributed by atoms with Crippen molar-refractivity contribution >= 4 is 17.6 Å². The Morgan fingerprint density at radius 1 is 1.26 bits per heavy atom. The van der Waals surface area contributed by atoms with Crippen molar-refractivity contribution in [2.24, 2.45) is 16.6 Å². The van der Waals surface area contributed by atoms with Gasteiger partial charge in [0.25, 0.3) is 24.3 Å². The number of benzene rings is 1. The second-order valence-corrected chi connectivity index (χ2v) is 8.13. The van der Waals surface area contributed by atoms with Gasteiger partial charge in [-0.2, -0.15) is 0 Å². The lowest BCUT2D eigenvalue weighted by molar-refractivity contribution is -0.00300. The lowest BCUT2D eigenvalue weighted by Gasteiger charge is -2.40. The van der Waals surface area contributed by atoms with Crippen molar-refractivity contribution in [3.8, 4) is 5.88 Å². The summed E-state index contributed by atoms with van der Waals surface area (Å²) in [4.78, 5) is 23.9. The number of anilines is 1. The van der Waals surface area contributed by atoms with E-state index in [0.717, 1.165) is 24.5 Å². The minimum absolute atomic E-state index is 0.0133. The molecular weight excluding hydrogens is 484 g/mol. The van der Waals surface area contributed by atoms with Crippen molar-refractivity contribution < 1.29 is 40.6 Å². The van der Waals surface area contributed by atoms with E-state index in [4.69, 9.17) is 10.5 Å². The SMILES string of the molecule is NC1=NC(CF)(c2cc(NC(=O)c3cnc(OCC(F)F)cn3)ccc2F)C2CC(F)(F)CC2O1. The van der Waals surface area contributed by atoms with Crippen molar-refractivity contribution in [3.63, 3.8) is 0 Å². The second kappa shape index (κ2) is 9.23. The Balaban J connectivity index is 1.60. The largest absolute Gasteiger partial charge is 0.470 e. The van der Waals surface area contributed by atoms with Crippen LogP contribution in [0.25, 0.3) is 0 Å². The van der Waals surface area contributed by atoms with Crippen LogP contribution in [0, 0.1) is 11.7 Å². The Morgan fingerprint density at radius 3 is 2.69 bits per heavy atom. The molecule has 0 bridgehead atoms. The summed E-state index contributed by atoms with van der Waals surface area (Å²) >= 11 is 0. The van der Waals surface area contributed by atoms with Crippen LogP contribution in [-0.4, -0.2) is 53.6 Å². The quantitative estimate of drug-likeness (QED) is 0.560. The molecule has 2 aromatic rings. The molecule has 1 amide bonds. The summed E-state index contributed by atoms with van der Waals surface area (Å²) in [5.74, 6) is -6.36. The lowest BCUT2D eigenvalue weighted by atomic mass is 9.76. The van der Waals surface area contributed by atoms with Gasteiger partial charge in [-0.05, 0) is 18.2 Å². The van der Waals surface area contributed by atoms with Crippen molar-refractivity contribution in [2.45, 2.75) is 36.8 Å². The number of ether oxygens (including phenoxy) is 2. The maximum Gasteiger partial charge on any atom is 0.283 e. The highest BCUT2D eigenvalue weighted by Gasteiger charge is 2.60. The van der Waals surface area contributed by atoms with Crippen molar-refractivity contribution in [1.82, 2.24) is 9.97 Å². The fourth-order valence-electron chi connectivity index (χ4n) is 4.28. The third-order valence-corrected chi connectivity index (χ3v) is 5.77. The van der Waals surface area contributed by atoms with Crippen LogP contribution in [0.4, 0.5) is 32.0 Å². The third kappa shape index (κ3) is 4.95. The first-order valence-electron chi connectivity index (χ1n) is 10.3. The minimum Gasteiger partial charge on any atom is -0.470 e. The Labute approximate surface area is 194 Å². The van der Waals surface area contributed by atoms with Crippen LogP contribution >= 0.6 is 0 Å². The number of nitrogens with two attached hydrogens (primary N) is 1. The Bertz CT molecular complexity index is 1130. The lowest BCUT2D eigenvalue weighted by Crippen LogP contribution is -2.48. The average molecular weight is 503 g/mol. The molecule has 1 fully saturated rings. The molecule has 3 N–H and O–H groups in total. The Hall–Kier alpha value is -3.58. The molecule has 188 valence electrons. The van der Waals surface area contributed by atoms with Gasteiger partial charge in [0.15, 0.2) is 6.61 Å². The number of amidine groups is 1. The molecule has 1 aliphatic carbocycles. The molecule has 2 heterocycles. The number of fused-ring (bicyclic) bond motifs is 1. The van der Waals surface area contributed by atoms with E-state index in [1.54, 1.807) is 0 Å². The van der Waals surface area contributed by atoms with Crippen LogP contribution in [0.5, 0.6) is 5.88 Å². The van der Waals surface area contributed by atoms with E-state index in [1.165, 1.54) is 6.07 Å². The number of aromatic nitrogens is 2. The number of aliphatic imine (C=N–C) groups is 1. The first kappa shape index (κ1) is 24.5. The second-order valence-electron chi connectivity index (χ2n) is 8.13. The van der Waals surface area contributed by atoms with Crippen LogP contribution in [-0.2, 0) is 10.3 Å². The summed E-state index contributed by atoms with van der Waals surface area (Å²) in [6, 6.07) is 2.64. The maximum absolute atomic E-state index is 14.9. The predicted molar refractivity (Wildman–Crippen MR) is 110 cm³/mol. The molecule has 0 saturated heterocycles. The van der Waals surface area contributed by atoms with E-state index in [2.05, 4.69) is 25.0 Å². The summed E-state index contributed by atoms with van der Waals surface area (Å²) in [5.41, 5.74) is 2.92. The minimum atomic E-state index is -3.18. The van der Waals surface area contributed by atoms with Gasteiger partial charge in [-0.3, -0.25) is 4.79 Å². The van der Waals surface area contributed by atoms with E-state index in [9.17, 15) is 31.1 Å². The van der Waals surface area contributed by atoms with Gasteiger partial charge in [-0.25, -0.2) is 41.3 Å². The zero-order valence-corrected chi connectivity index (χ0v) is 17.9. The van der Waals surface area contributed by atoms with Gasteiger partial charge in [0.05, 0.1) is 12.4 Å². The monoisotopic (exact) mass is 503 g/mol. The molecule has 1 aliphatic heterocycles. The van der Waals surface area contributed by atoms with E-state index in [1.807, 2.05) is 0 Å². The fraction of sp³-hybridized carbons (Fsp3) is 0.429. The van der Waals surface area contributed by atoms with Crippen LogP contribution in [0.1, 0.15) is 28.9 Å². The highest BCUT2D eigenvalue weighted by molar-refractivity contribution is 6.02. The number of nitrogens with one attached hydrogen (secondary N) is 1. The molecule has 4 rings (SSSR count). The van der Waals surface area contributed by atoms with Crippen molar-refractivity contribution in [2.75, 3.05) is 18.6 Å². The topological polar surface area (TPSA) is 112 Å². The van der Waals surface area contributed by atoms with Crippen LogP contribution in [0.2, 0.25) is 0 Å². The number of rotatable bonds is 7. The molecular formula is C21H19F6N5O3. The number of carbonyl (C=O) groups excluding carboxylic acids is 1. The van der Waals surface area contributed by atoms with Gasteiger partial charge >= 0.3 is 0 Å². The number of carbonyl (C=O) groups is 1. The highest BCUT2D eigenvalue weighted by Crippen LogP contribution is 2.53. The van der Waals surface area contributed by atoms with Gasteiger partial charge in [-0.1, -0.05) is 0 Å². The summed E-state index contributed by atoms with van der Waals surface area (Å²) in [5, 5.41) is 2.41. The molecule has 35 heavy (non-hydrogen) atoms. The van der Waals surface area contributed by atoms with Gasteiger partial charge in [0, 0.05) is 30.0 Å². The molecule has 3 unspecified atom stereocenters. The number of halogens is 6. The van der Waals surface area contributed by atoms with Gasteiger partial charge < -0.3 is 20.5 Å². The van der Waals surface area contributed by atoms with E-state index in [0.29, 0.717) is 0 Å². The number of amides is 1. The number of alkyl halides is 5. The normalized spacial score (nSPS) is 24.9. The van der Waals surface area contributed by atoms with Crippen LogP contribution < -0.4 is 15.8 Å². The van der Waals surface area contributed by atoms with Crippen LogP contribution in [0.15, 0.2) is 35.6 Å². The highest BCUT2D eigenvalue weighted by atomic mass is 19.3. The van der Waals surface area contributed by atoms with Crippen LogP contribution in [0.3, 0.4) is 0 Å². The summed E-state index contributed by atoms with van der Waals surface area (Å²) < 4.78 is 91.9. The standard InChI is InChI=1S/C21H19F6N5O3/c22-9-21(12-4-20(26,27)5-15(12)35-19(28)32-21)11-3-10(1-2-13(11)23)31-18(33)14-6-30-17(7-29-14)34-8-16(24)25/h1-3,6-7,12,15-16H,4-5,8-9H2,(H2,28,32)(H,31,33). The first-order valence-corrected chi connectivity index (χ1v) is 10.3. The molecule has 8 nitrogen and oxygen atoms in total. The number of nitrogens with zero attached hydrogens (tertiary/aromatic N) is 3. The Morgan fingerprint density at radius 2 is 2.03 bits per heavy atom. The Kier molecular flexibility index (Phi) is 6.47. The molecule has 1 aromatic heterocycles. The van der Waals surface area contributed by atoms with Gasteiger partial charge in [-0.15, -0.1) is 0 Å². The number of hydrogen-bond donors (Lipinski definition) is 2. The van der Waals surface area contributed by atoms with E-state index >= 15 is 0 Å².